The van der Waals surface area contributed by atoms with Crippen LogP contribution in [0.1, 0.15) is 12.0 Å². The molecule has 1 rings (SSSR count). The van der Waals surface area contributed by atoms with Crippen molar-refractivity contribution in [3.05, 3.63) is 29.8 Å². The van der Waals surface area contributed by atoms with Crippen LogP contribution in [0.3, 0.4) is 0 Å². The SMILES string of the molecule is COCCCSCCOc1ccccc1CN. The molecule has 0 saturated carbocycles. The van der Waals surface area contributed by atoms with E-state index in [4.69, 9.17) is 15.2 Å². The summed E-state index contributed by atoms with van der Waals surface area (Å²) >= 11 is 1.89. The molecule has 0 spiro atoms. The van der Waals surface area contributed by atoms with Gasteiger partial charge in [-0.05, 0) is 18.2 Å². The number of para-hydroxylation sites is 1. The van der Waals surface area contributed by atoms with E-state index in [9.17, 15) is 0 Å². The third kappa shape index (κ3) is 5.96. The van der Waals surface area contributed by atoms with Crippen LogP contribution in [0.5, 0.6) is 5.75 Å². The fraction of sp³-hybridized carbons (Fsp3) is 0.538. The topological polar surface area (TPSA) is 44.5 Å². The van der Waals surface area contributed by atoms with Crippen LogP contribution < -0.4 is 10.5 Å². The lowest BCUT2D eigenvalue weighted by molar-refractivity contribution is 0.200. The first-order valence-electron chi connectivity index (χ1n) is 5.86. The van der Waals surface area contributed by atoms with Crippen molar-refractivity contribution in [2.75, 3.05) is 31.8 Å². The molecule has 4 heteroatoms. The second-order valence-electron chi connectivity index (χ2n) is 3.62. The molecule has 0 fully saturated rings. The van der Waals surface area contributed by atoms with Gasteiger partial charge in [-0.2, -0.15) is 11.8 Å². The van der Waals surface area contributed by atoms with Crippen LogP contribution in [0.25, 0.3) is 0 Å². The first-order valence-corrected chi connectivity index (χ1v) is 7.01. The van der Waals surface area contributed by atoms with Gasteiger partial charge in [-0.3, -0.25) is 0 Å². The Bertz CT molecular complexity index is 307. The van der Waals surface area contributed by atoms with Crippen molar-refractivity contribution in [1.29, 1.82) is 0 Å². The Morgan fingerprint density at radius 1 is 1.18 bits per heavy atom. The van der Waals surface area contributed by atoms with Gasteiger partial charge in [-0.1, -0.05) is 18.2 Å². The Morgan fingerprint density at radius 3 is 2.76 bits per heavy atom. The Labute approximate surface area is 108 Å². The minimum Gasteiger partial charge on any atom is -0.492 e. The Hall–Kier alpha value is -0.710. The van der Waals surface area contributed by atoms with E-state index in [0.29, 0.717) is 6.54 Å². The average molecular weight is 255 g/mol. The van der Waals surface area contributed by atoms with Crippen molar-refractivity contribution in [1.82, 2.24) is 0 Å². The first kappa shape index (κ1) is 14.4. The summed E-state index contributed by atoms with van der Waals surface area (Å²) in [5, 5.41) is 0. The highest BCUT2D eigenvalue weighted by Crippen LogP contribution is 2.17. The standard InChI is InChI=1S/C13H21NO2S/c1-15-7-4-9-17-10-8-16-13-6-3-2-5-12(13)11-14/h2-3,5-6H,4,7-11,14H2,1H3. The number of benzene rings is 1. The molecule has 0 unspecified atom stereocenters. The van der Waals surface area contributed by atoms with E-state index >= 15 is 0 Å². The van der Waals surface area contributed by atoms with E-state index in [1.807, 2.05) is 36.0 Å². The molecule has 0 aliphatic carbocycles. The number of nitrogens with two attached hydrogens (primary N) is 1. The number of thioether (sulfide) groups is 1. The number of hydrogen-bond donors (Lipinski definition) is 1. The molecule has 0 saturated heterocycles. The van der Waals surface area contributed by atoms with Crippen LogP contribution in [0, 0.1) is 0 Å². The molecule has 1 aromatic rings. The van der Waals surface area contributed by atoms with Gasteiger partial charge in [-0.15, -0.1) is 0 Å². The van der Waals surface area contributed by atoms with Gasteiger partial charge >= 0.3 is 0 Å². The van der Waals surface area contributed by atoms with E-state index in [0.717, 1.165) is 42.5 Å². The van der Waals surface area contributed by atoms with Crippen molar-refractivity contribution >= 4 is 11.8 Å². The van der Waals surface area contributed by atoms with Crippen LogP contribution in [0.4, 0.5) is 0 Å². The predicted octanol–water partition coefficient (Wildman–Crippen LogP) is 2.29. The van der Waals surface area contributed by atoms with E-state index in [2.05, 4.69) is 0 Å². The third-order valence-electron chi connectivity index (χ3n) is 2.31. The van der Waals surface area contributed by atoms with Gasteiger partial charge < -0.3 is 15.2 Å². The van der Waals surface area contributed by atoms with Gasteiger partial charge in [0.1, 0.15) is 5.75 Å². The summed E-state index contributed by atoms with van der Waals surface area (Å²) in [6, 6.07) is 7.92. The monoisotopic (exact) mass is 255 g/mol. The molecule has 0 aliphatic heterocycles. The molecule has 0 aromatic heterocycles. The van der Waals surface area contributed by atoms with Crippen molar-refractivity contribution in [2.45, 2.75) is 13.0 Å². The van der Waals surface area contributed by atoms with Gasteiger partial charge in [0, 0.05) is 31.6 Å². The van der Waals surface area contributed by atoms with E-state index < -0.39 is 0 Å². The summed E-state index contributed by atoms with van der Waals surface area (Å²) in [5.74, 6) is 3.03. The number of hydrogen-bond acceptors (Lipinski definition) is 4. The van der Waals surface area contributed by atoms with Crippen molar-refractivity contribution in [2.24, 2.45) is 5.73 Å². The molecule has 0 aliphatic rings. The van der Waals surface area contributed by atoms with Crippen LogP contribution in [-0.4, -0.2) is 31.8 Å². The van der Waals surface area contributed by atoms with E-state index in [1.54, 1.807) is 7.11 Å². The van der Waals surface area contributed by atoms with Crippen LogP contribution in [-0.2, 0) is 11.3 Å². The summed E-state index contributed by atoms with van der Waals surface area (Å²) in [7, 11) is 1.73. The molecule has 0 radical (unpaired) electrons. The maximum absolute atomic E-state index is 5.70. The molecule has 2 N–H and O–H groups in total. The Morgan fingerprint density at radius 2 is 2.00 bits per heavy atom. The predicted molar refractivity (Wildman–Crippen MR) is 73.6 cm³/mol. The van der Waals surface area contributed by atoms with Gasteiger partial charge in [-0.25, -0.2) is 0 Å². The van der Waals surface area contributed by atoms with Crippen molar-refractivity contribution < 1.29 is 9.47 Å². The smallest absolute Gasteiger partial charge is 0.123 e. The molecule has 17 heavy (non-hydrogen) atoms. The quantitative estimate of drug-likeness (QED) is 0.688. The van der Waals surface area contributed by atoms with Crippen molar-refractivity contribution in [3.63, 3.8) is 0 Å². The van der Waals surface area contributed by atoms with Gasteiger partial charge in [0.05, 0.1) is 6.61 Å². The van der Waals surface area contributed by atoms with Gasteiger partial charge in [0.25, 0.3) is 0 Å². The summed E-state index contributed by atoms with van der Waals surface area (Å²) in [4.78, 5) is 0. The summed E-state index contributed by atoms with van der Waals surface area (Å²) < 4.78 is 10.7. The molecule has 0 amide bonds. The molecular formula is C13H21NO2S. The fourth-order valence-corrected chi connectivity index (χ4v) is 2.16. The van der Waals surface area contributed by atoms with E-state index in [-0.39, 0.29) is 0 Å². The zero-order chi connectivity index (χ0) is 12.3. The molecule has 0 heterocycles. The molecule has 3 nitrogen and oxygen atoms in total. The zero-order valence-corrected chi connectivity index (χ0v) is 11.2. The largest absolute Gasteiger partial charge is 0.492 e. The first-order chi connectivity index (χ1) is 8.38. The zero-order valence-electron chi connectivity index (χ0n) is 10.4. The number of rotatable bonds is 9. The lowest BCUT2D eigenvalue weighted by Gasteiger charge is -2.09. The molecule has 96 valence electrons. The third-order valence-corrected chi connectivity index (χ3v) is 3.35. The highest BCUT2D eigenvalue weighted by molar-refractivity contribution is 7.99. The highest BCUT2D eigenvalue weighted by atomic mass is 32.2. The second-order valence-corrected chi connectivity index (χ2v) is 4.84. The summed E-state index contributed by atoms with van der Waals surface area (Å²) in [5.41, 5.74) is 6.70. The fourth-order valence-electron chi connectivity index (χ4n) is 1.43. The molecule has 0 bridgehead atoms. The minimum atomic E-state index is 0.525. The summed E-state index contributed by atoms with van der Waals surface area (Å²) in [6.07, 6.45) is 1.10. The lowest BCUT2D eigenvalue weighted by atomic mass is 10.2. The number of ether oxygens (including phenoxy) is 2. The lowest BCUT2D eigenvalue weighted by Crippen LogP contribution is -2.05. The maximum atomic E-state index is 5.70. The second kappa shape index (κ2) is 9.33. The molecule has 1 aromatic carbocycles. The minimum absolute atomic E-state index is 0.525. The molecular weight excluding hydrogens is 234 g/mol. The summed E-state index contributed by atoms with van der Waals surface area (Å²) in [6.45, 7) is 2.09. The Balaban J connectivity index is 2.13. The maximum Gasteiger partial charge on any atom is 0.123 e. The Kier molecular flexibility index (Phi) is 7.88. The van der Waals surface area contributed by atoms with Crippen LogP contribution in [0.2, 0.25) is 0 Å². The van der Waals surface area contributed by atoms with Gasteiger partial charge in [0.2, 0.25) is 0 Å². The average Bonchev–Trinajstić information content (AvgIpc) is 2.38. The van der Waals surface area contributed by atoms with Crippen molar-refractivity contribution in [3.8, 4) is 5.75 Å². The molecule has 0 atom stereocenters. The normalized spacial score (nSPS) is 10.5. The van der Waals surface area contributed by atoms with Gasteiger partial charge in [0.15, 0.2) is 0 Å². The van der Waals surface area contributed by atoms with Crippen LogP contribution in [0.15, 0.2) is 24.3 Å². The highest BCUT2D eigenvalue weighted by Gasteiger charge is 2.00. The van der Waals surface area contributed by atoms with E-state index in [1.165, 1.54) is 0 Å². The number of methoxy groups -OCH3 is 1. The van der Waals surface area contributed by atoms with Crippen LogP contribution >= 0.6 is 11.8 Å².